The Labute approximate surface area is 112 Å². The van der Waals surface area contributed by atoms with E-state index in [1.54, 1.807) is 0 Å². The summed E-state index contributed by atoms with van der Waals surface area (Å²) in [6, 6.07) is 2.01. The zero-order valence-corrected chi connectivity index (χ0v) is 10.2. The first-order valence-electron chi connectivity index (χ1n) is 5.67. The fraction of sp³-hybridized carbons (Fsp3) is 0.250. The van der Waals surface area contributed by atoms with E-state index in [1.165, 1.54) is 24.4 Å². The van der Waals surface area contributed by atoms with Gasteiger partial charge >= 0.3 is 6.18 Å². The molecule has 20 heavy (non-hydrogen) atoms. The monoisotopic (exact) mass is 288 g/mol. The van der Waals surface area contributed by atoms with Crippen molar-refractivity contribution in [2.75, 3.05) is 5.43 Å². The SMILES string of the molecule is NNc1ccc([C@@H](n2ccc(CF)c2)C(F)(F)F)cn1. The third-order valence-electron chi connectivity index (χ3n) is 2.79. The molecule has 1 atom stereocenters. The molecular weight excluding hydrogens is 276 g/mol. The average molecular weight is 288 g/mol. The number of halogens is 4. The lowest BCUT2D eigenvalue weighted by Crippen LogP contribution is -2.27. The summed E-state index contributed by atoms with van der Waals surface area (Å²) in [7, 11) is 0. The van der Waals surface area contributed by atoms with Crippen molar-refractivity contribution in [2.45, 2.75) is 18.9 Å². The highest BCUT2D eigenvalue weighted by molar-refractivity contribution is 5.35. The zero-order valence-electron chi connectivity index (χ0n) is 10.2. The summed E-state index contributed by atoms with van der Waals surface area (Å²) in [4.78, 5) is 3.76. The molecule has 0 aliphatic heterocycles. The molecule has 108 valence electrons. The number of alkyl halides is 4. The highest BCUT2D eigenvalue weighted by Crippen LogP contribution is 2.36. The number of rotatable bonds is 4. The Morgan fingerprint density at radius 1 is 1.30 bits per heavy atom. The molecule has 0 unspecified atom stereocenters. The van der Waals surface area contributed by atoms with Crippen molar-refractivity contribution in [2.24, 2.45) is 5.84 Å². The van der Waals surface area contributed by atoms with Crippen LogP contribution in [0.4, 0.5) is 23.4 Å². The second-order valence-corrected chi connectivity index (χ2v) is 4.17. The molecule has 0 spiro atoms. The molecule has 0 aliphatic carbocycles. The van der Waals surface area contributed by atoms with E-state index in [0.717, 1.165) is 17.0 Å². The van der Waals surface area contributed by atoms with Gasteiger partial charge in [-0.3, -0.25) is 0 Å². The number of nitrogen functional groups attached to an aromatic ring is 1. The molecule has 8 heteroatoms. The van der Waals surface area contributed by atoms with Gasteiger partial charge in [-0.1, -0.05) is 6.07 Å². The van der Waals surface area contributed by atoms with E-state index in [4.69, 9.17) is 5.84 Å². The quantitative estimate of drug-likeness (QED) is 0.517. The number of aromatic nitrogens is 2. The summed E-state index contributed by atoms with van der Waals surface area (Å²) in [6.45, 7) is -0.814. The van der Waals surface area contributed by atoms with Crippen molar-refractivity contribution in [3.05, 3.63) is 47.9 Å². The summed E-state index contributed by atoms with van der Waals surface area (Å²) >= 11 is 0. The molecule has 0 radical (unpaired) electrons. The van der Waals surface area contributed by atoms with Crippen molar-refractivity contribution in [3.8, 4) is 0 Å². The Morgan fingerprint density at radius 2 is 2.05 bits per heavy atom. The molecule has 0 bridgehead atoms. The van der Waals surface area contributed by atoms with Gasteiger partial charge in [0.15, 0.2) is 6.04 Å². The van der Waals surface area contributed by atoms with Gasteiger partial charge in [-0.15, -0.1) is 0 Å². The first kappa shape index (κ1) is 14.3. The average Bonchev–Trinajstić information content (AvgIpc) is 2.86. The molecule has 2 aromatic rings. The van der Waals surface area contributed by atoms with Gasteiger partial charge in [0.05, 0.1) is 0 Å². The minimum atomic E-state index is -4.52. The van der Waals surface area contributed by atoms with Crippen LogP contribution in [-0.4, -0.2) is 15.7 Å². The fourth-order valence-corrected chi connectivity index (χ4v) is 1.88. The van der Waals surface area contributed by atoms with E-state index in [9.17, 15) is 17.6 Å². The third kappa shape index (κ3) is 2.90. The summed E-state index contributed by atoms with van der Waals surface area (Å²) in [5, 5.41) is 0. The van der Waals surface area contributed by atoms with E-state index in [0.29, 0.717) is 0 Å². The lowest BCUT2D eigenvalue weighted by atomic mass is 10.1. The van der Waals surface area contributed by atoms with Gasteiger partial charge in [0, 0.05) is 29.7 Å². The van der Waals surface area contributed by atoms with Gasteiger partial charge < -0.3 is 9.99 Å². The van der Waals surface area contributed by atoms with Crippen LogP contribution < -0.4 is 11.3 Å². The number of nitrogens with two attached hydrogens (primary N) is 1. The normalized spacial score (nSPS) is 13.2. The lowest BCUT2D eigenvalue weighted by molar-refractivity contribution is -0.156. The van der Waals surface area contributed by atoms with Crippen molar-refractivity contribution in [3.63, 3.8) is 0 Å². The third-order valence-corrected chi connectivity index (χ3v) is 2.79. The predicted molar refractivity (Wildman–Crippen MR) is 65.5 cm³/mol. The Kier molecular flexibility index (Phi) is 3.93. The molecule has 0 saturated heterocycles. The smallest absolute Gasteiger partial charge is 0.338 e. The van der Waals surface area contributed by atoms with Gasteiger partial charge in [0.25, 0.3) is 0 Å². The molecule has 2 aromatic heterocycles. The number of pyridine rings is 1. The van der Waals surface area contributed by atoms with Gasteiger partial charge in [-0.2, -0.15) is 13.2 Å². The first-order valence-corrected chi connectivity index (χ1v) is 5.67. The van der Waals surface area contributed by atoms with Crippen LogP contribution in [0.25, 0.3) is 0 Å². The largest absolute Gasteiger partial charge is 0.413 e. The predicted octanol–water partition coefficient (Wildman–Crippen LogP) is 2.79. The van der Waals surface area contributed by atoms with E-state index >= 15 is 0 Å². The molecule has 0 aliphatic rings. The number of hydrogen-bond donors (Lipinski definition) is 2. The zero-order chi connectivity index (χ0) is 14.8. The van der Waals surface area contributed by atoms with Gasteiger partial charge in [-0.05, 0) is 12.1 Å². The number of anilines is 1. The summed E-state index contributed by atoms with van der Waals surface area (Å²) in [5.41, 5.74) is 2.37. The second kappa shape index (κ2) is 5.49. The Balaban J connectivity index is 2.41. The molecule has 0 saturated carbocycles. The van der Waals surface area contributed by atoms with Crippen molar-refractivity contribution in [1.29, 1.82) is 0 Å². The number of nitrogens with one attached hydrogen (secondary N) is 1. The minimum Gasteiger partial charge on any atom is -0.338 e. The Hall–Kier alpha value is -2.09. The van der Waals surface area contributed by atoms with Gasteiger partial charge in [-0.25, -0.2) is 15.2 Å². The van der Waals surface area contributed by atoms with E-state index in [1.807, 2.05) is 0 Å². The summed E-state index contributed by atoms with van der Waals surface area (Å²) < 4.78 is 53.0. The fourth-order valence-electron chi connectivity index (χ4n) is 1.88. The van der Waals surface area contributed by atoms with Crippen molar-refractivity contribution >= 4 is 5.82 Å². The van der Waals surface area contributed by atoms with E-state index < -0.39 is 18.9 Å². The Morgan fingerprint density at radius 3 is 2.50 bits per heavy atom. The highest BCUT2D eigenvalue weighted by atomic mass is 19.4. The van der Waals surface area contributed by atoms with Crippen LogP contribution in [-0.2, 0) is 6.67 Å². The van der Waals surface area contributed by atoms with Crippen molar-refractivity contribution in [1.82, 2.24) is 9.55 Å². The number of nitrogens with zero attached hydrogens (tertiary/aromatic N) is 2. The Bertz CT molecular complexity index is 562. The first-order chi connectivity index (χ1) is 9.45. The maximum absolute atomic E-state index is 13.2. The van der Waals surface area contributed by atoms with Crippen LogP contribution >= 0.6 is 0 Å². The van der Waals surface area contributed by atoms with Crippen molar-refractivity contribution < 1.29 is 17.6 Å². The van der Waals surface area contributed by atoms with Crippen LogP contribution in [0, 0.1) is 0 Å². The molecule has 0 fully saturated rings. The van der Waals surface area contributed by atoms with E-state index in [-0.39, 0.29) is 16.9 Å². The van der Waals surface area contributed by atoms with Crippen LogP contribution in [0.15, 0.2) is 36.8 Å². The van der Waals surface area contributed by atoms with Crippen LogP contribution in [0.2, 0.25) is 0 Å². The highest BCUT2D eigenvalue weighted by Gasteiger charge is 2.42. The molecule has 3 N–H and O–H groups in total. The number of hydrogen-bond acceptors (Lipinski definition) is 3. The molecular formula is C12H12F4N4. The van der Waals surface area contributed by atoms with Crippen LogP contribution in [0.3, 0.4) is 0 Å². The summed E-state index contributed by atoms with van der Waals surface area (Å²) in [5.74, 6) is 5.37. The molecule has 2 rings (SSSR count). The molecule has 4 nitrogen and oxygen atoms in total. The topological polar surface area (TPSA) is 55.9 Å². The standard InChI is InChI=1S/C12H12F4N4/c13-5-8-3-4-20(7-8)11(12(14,15)16)9-1-2-10(19-17)18-6-9/h1-4,6-7,11H,5,17H2,(H,18,19)/t11-/m1/s1. The van der Waals surface area contributed by atoms with Crippen LogP contribution in [0.5, 0.6) is 0 Å². The van der Waals surface area contributed by atoms with Gasteiger partial charge in [0.2, 0.25) is 0 Å². The van der Waals surface area contributed by atoms with E-state index in [2.05, 4.69) is 10.4 Å². The van der Waals surface area contributed by atoms with Gasteiger partial charge in [0.1, 0.15) is 12.5 Å². The minimum absolute atomic E-state index is 0.0579. The van der Waals surface area contributed by atoms with Crippen LogP contribution in [0.1, 0.15) is 17.2 Å². The second-order valence-electron chi connectivity index (χ2n) is 4.17. The number of hydrazine groups is 1. The maximum atomic E-state index is 13.2. The lowest BCUT2D eigenvalue weighted by Gasteiger charge is -2.22. The summed E-state index contributed by atoms with van der Waals surface area (Å²) in [6.07, 6.45) is -1.11. The molecule has 2 heterocycles. The maximum Gasteiger partial charge on any atom is 0.413 e. The molecule has 0 aromatic carbocycles. The molecule has 0 amide bonds.